The summed E-state index contributed by atoms with van der Waals surface area (Å²) in [4.78, 5) is 21.1. The molecule has 1 rings (SSSR count). The summed E-state index contributed by atoms with van der Waals surface area (Å²) >= 11 is 0. The lowest BCUT2D eigenvalue weighted by molar-refractivity contribution is -0.156. The fourth-order valence-corrected chi connectivity index (χ4v) is 1.43. The molecule has 1 fully saturated rings. The number of carbonyl (C=O) groups is 2. The molecule has 0 atom stereocenters. The van der Waals surface area contributed by atoms with Crippen molar-refractivity contribution < 1.29 is 19.4 Å². The molecule has 1 saturated heterocycles. The number of carbonyl (C=O) groups excluding carboxylic acids is 1. The van der Waals surface area contributed by atoms with Crippen LogP contribution in [0, 0.1) is 5.41 Å². The molecule has 0 aliphatic carbocycles. The third-order valence-corrected chi connectivity index (χ3v) is 2.38. The van der Waals surface area contributed by atoms with Crippen molar-refractivity contribution in [2.45, 2.75) is 19.3 Å². The fourth-order valence-electron chi connectivity index (χ4n) is 1.43. The average Bonchev–Trinajstić information content (AvgIpc) is 2.06. The monoisotopic (exact) mass is 172 g/mol. The van der Waals surface area contributed by atoms with Gasteiger partial charge in [-0.3, -0.25) is 4.79 Å². The van der Waals surface area contributed by atoms with Crippen LogP contribution in [0.3, 0.4) is 0 Å². The van der Waals surface area contributed by atoms with Crippen molar-refractivity contribution in [1.29, 1.82) is 0 Å². The van der Waals surface area contributed by atoms with Gasteiger partial charge in [0.05, 0.1) is 5.41 Å². The second kappa shape index (κ2) is 3.67. The van der Waals surface area contributed by atoms with Gasteiger partial charge in [0, 0.05) is 19.6 Å². The molecule has 1 N–H and O–H groups in total. The molecule has 1 aliphatic rings. The van der Waals surface area contributed by atoms with Crippen LogP contribution in [0.25, 0.3) is 0 Å². The van der Waals surface area contributed by atoms with E-state index in [4.69, 9.17) is 9.84 Å². The molecule has 0 bridgehead atoms. The molecule has 0 aromatic heterocycles. The van der Waals surface area contributed by atoms with E-state index in [0.29, 0.717) is 32.3 Å². The standard InChI is InChI=1S/C8H12O4/c9-4-1-8(7(10)11)2-5-12-6-3-8/h4H,1-3,5-6H2,(H,10,11). The molecule has 0 saturated carbocycles. The molecule has 1 aliphatic heterocycles. The molecule has 1 heterocycles. The number of carboxylic acid groups (broad SMARTS) is 1. The van der Waals surface area contributed by atoms with Crippen LogP contribution in [-0.4, -0.2) is 30.6 Å². The second-order valence-corrected chi connectivity index (χ2v) is 3.07. The highest BCUT2D eigenvalue weighted by atomic mass is 16.5. The number of hydrogen-bond donors (Lipinski definition) is 1. The van der Waals surface area contributed by atoms with Gasteiger partial charge in [-0.15, -0.1) is 0 Å². The Kier molecular flexibility index (Phi) is 2.81. The maximum absolute atomic E-state index is 10.9. The Morgan fingerprint density at radius 2 is 2.08 bits per heavy atom. The van der Waals surface area contributed by atoms with E-state index in [1.807, 2.05) is 0 Å². The SMILES string of the molecule is O=CCC1(C(=O)O)CCOCC1. The van der Waals surface area contributed by atoms with Crippen LogP contribution in [-0.2, 0) is 14.3 Å². The summed E-state index contributed by atoms with van der Waals surface area (Å²) < 4.78 is 5.04. The molecule has 0 amide bonds. The first kappa shape index (κ1) is 9.19. The van der Waals surface area contributed by atoms with E-state index in [-0.39, 0.29) is 6.42 Å². The van der Waals surface area contributed by atoms with Crippen molar-refractivity contribution >= 4 is 12.3 Å². The third-order valence-electron chi connectivity index (χ3n) is 2.38. The number of aldehydes is 1. The predicted octanol–water partition coefficient (Wildman–Crippen LogP) is 0.457. The first-order chi connectivity index (χ1) is 5.71. The molecule has 0 aromatic rings. The van der Waals surface area contributed by atoms with E-state index in [1.165, 1.54) is 0 Å². The van der Waals surface area contributed by atoms with E-state index >= 15 is 0 Å². The van der Waals surface area contributed by atoms with Crippen molar-refractivity contribution in [3.63, 3.8) is 0 Å². The zero-order chi connectivity index (χ0) is 9.03. The highest BCUT2D eigenvalue weighted by Gasteiger charge is 2.39. The Morgan fingerprint density at radius 1 is 1.50 bits per heavy atom. The summed E-state index contributed by atoms with van der Waals surface area (Å²) in [5.41, 5.74) is -0.847. The topological polar surface area (TPSA) is 63.6 Å². The highest BCUT2D eigenvalue weighted by molar-refractivity contribution is 5.78. The van der Waals surface area contributed by atoms with Crippen molar-refractivity contribution in [1.82, 2.24) is 0 Å². The van der Waals surface area contributed by atoms with E-state index in [1.54, 1.807) is 0 Å². The van der Waals surface area contributed by atoms with Crippen molar-refractivity contribution in [3.8, 4) is 0 Å². The smallest absolute Gasteiger partial charge is 0.310 e. The number of carboxylic acids is 1. The predicted molar refractivity (Wildman–Crippen MR) is 40.8 cm³/mol. The molecule has 0 spiro atoms. The maximum Gasteiger partial charge on any atom is 0.310 e. The zero-order valence-corrected chi connectivity index (χ0v) is 6.78. The average molecular weight is 172 g/mol. The second-order valence-electron chi connectivity index (χ2n) is 3.07. The first-order valence-corrected chi connectivity index (χ1v) is 3.96. The van der Waals surface area contributed by atoms with Gasteiger partial charge < -0.3 is 14.6 Å². The number of rotatable bonds is 3. The normalized spacial score (nSPS) is 21.7. The van der Waals surface area contributed by atoms with Gasteiger partial charge in [0.1, 0.15) is 6.29 Å². The van der Waals surface area contributed by atoms with Gasteiger partial charge in [0.2, 0.25) is 0 Å². The van der Waals surface area contributed by atoms with Gasteiger partial charge >= 0.3 is 5.97 Å². The molecule has 0 unspecified atom stereocenters. The Morgan fingerprint density at radius 3 is 2.50 bits per heavy atom. The van der Waals surface area contributed by atoms with Crippen LogP contribution < -0.4 is 0 Å². The zero-order valence-electron chi connectivity index (χ0n) is 6.78. The molecule has 0 radical (unpaired) electrons. The van der Waals surface area contributed by atoms with Gasteiger partial charge in [-0.2, -0.15) is 0 Å². The van der Waals surface area contributed by atoms with Gasteiger partial charge in [-0.05, 0) is 12.8 Å². The molecule has 4 nitrogen and oxygen atoms in total. The van der Waals surface area contributed by atoms with Crippen LogP contribution in [0.2, 0.25) is 0 Å². The van der Waals surface area contributed by atoms with E-state index in [2.05, 4.69) is 0 Å². The summed E-state index contributed by atoms with van der Waals surface area (Å²) in [5, 5.41) is 8.91. The summed E-state index contributed by atoms with van der Waals surface area (Å²) in [6.45, 7) is 0.889. The van der Waals surface area contributed by atoms with Crippen LogP contribution in [0.1, 0.15) is 19.3 Å². The van der Waals surface area contributed by atoms with Crippen LogP contribution >= 0.6 is 0 Å². The summed E-state index contributed by atoms with van der Waals surface area (Å²) in [7, 11) is 0. The summed E-state index contributed by atoms with van der Waals surface area (Å²) in [6, 6.07) is 0. The number of aliphatic carboxylic acids is 1. The molecular formula is C8H12O4. The maximum atomic E-state index is 10.9. The lowest BCUT2D eigenvalue weighted by Gasteiger charge is -2.31. The number of hydrogen-bond acceptors (Lipinski definition) is 3. The van der Waals surface area contributed by atoms with Gasteiger partial charge in [0.25, 0.3) is 0 Å². The van der Waals surface area contributed by atoms with Gasteiger partial charge in [-0.1, -0.05) is 0 Å². The quantitative estimate of drug-likeness (QED) is 0.628. The lowest BCUT2D eigenvalue weighted by atomic mass is 9.78. The Labute approximate surface area is 70.5 Å². The van der Waals surface area contributed by atoms with Crippen molar-refractivity contribution in [2.24, 2.45) is 5.41 Å². The van der Waals surface area contributed by atoms with Crippen LogP contribution in [0.5, 0.6) is 0 Å². The van der Waals surface area contributed by atoms with Gasteiger partial charge in [-0.25, -0.2) is 0 Å². The summed E-state index contributed by atoms with van der Waals surface area (Å²) in [5.74, 6) is -0.877. The molecule has 68 valence electrons. The molecule has 12 heavy (non-hydrogen) atoms. The Bertz CT molecular complexity index is 181. The minimum absolute atomic E-state index is 0.103. The minimum Gasteiger partial charge on any atom is -0.481 e. The summed E-state index contributed by atoms with van der Waals surface area (Å²) in [6.07, 6.45) is 1.67. The largest absolute Gasteiger partial charge is 0.481 e. The number of ether oxygens (including phenoxy) is 1. The van der Waals surface area contributed by atoms with Crippen LogP contribution in [0.4, 0.5) is 0 Å². The first-order valence-electron chi connectivity index (χ1n) is 3.96. The van der Waals surface area contributed by atoms with E-state index in [0.717, 1.165) is 0 Å². The van der Waals surface area contributed by atoms with E-state index in [9.17, 15) is 9.59 Å². The lowest BCUT2D eigenvalue weighted by Crippen LogP contribution is -2.37. The van der Waals surface area contributed by atoms with Crippen LogP contribution in [0.15, 0.2) is 0 Å². The van der Waals surface area contributed by atoms with E-state index < -0.39 is 11.4 Å². The Balaban J connectivity index is 2.69. The fraction of sp³-hybridized carbons (Fsp3) is 0.750. The molecular weight excluding hydrogens is 160 g/mol. The molecule has 0 aromatic carbocycles. The van der Waals surface area contributed by atoms with Crippen molar-refractivity contribution in [2.75, 3.05) is 13.2 Å². The van der Waals surface area contributed by atoms with Gasteiger partial charge in [0.15, 0.2) is 0 Å². The van der Waals surface area contributed by atoms with Crippen molar-refractivity contribution in [3.05, 3.63) is 0 Å². The Hall–Kier alpha value is -0.900. The minimum atomic E-state index is -0.877. The highest BCUT2D eigenvalue weighted by Crippen LogP contribution is 2.33. The third kappa shape index (κ3) is 1.64. The molecule has 4 heteroatoms.